The molecule has 1 spiro atoms. The van der Waals surface area contributed by atoms with Crippen molar-refractivity contribution in [2.75, 3.05) is 10.6 Å². The van der Waals surface area contributed by atoms with Crippen LogP contribution in [0.5, 0.6) is 0 Å². The predicted octanol–water partition coefficient (Wildman–Crippen LogP) is 3.96. The van der Waals surface area contributed by atoms with Crippen molar-refractivity contribution in [3.05, 3.63) is 75.1 Å². The Morgan fingerprint density at radius 3 is 2.62 bits per heavy atom. The van der Waals surface area contributed by atoms with E-state index in [2.05, 4.69) is 15.7 Å². The first-order valence-electron chi connectivity index (χ1n) is 8.80. The molecule has 1 unspecified atom stereocenters. The lowest BCUT2D eigenvalue weighted by atomic mass is 9.72. The number of aromatic nitrogens is 2. The summed E-state index contributed by atoms with van der Waals surface area (Å²) < 4.78 is 15.8. The van der Waals surface area contributed by atoms with Crippen LogP contribution in [0.4, 0.5) is 15.9 Å². The van der Waals surface area contributed by atoms with E-state index < -0.39 is 17.1 Å². The molecule has 2 amide bonds. The monoisotopic (exact) mass is 430 g/mol. The van der Waals surface area contributed by atoms with Crippen molar-refractivity contribution in [2.24, 2.45) is 0 Å². The van der Waals surface area contributed by atoms with Gasteiger partial charge in [0.05, 0.1) is 17.8 Å². The van der Waals surface area contributed by atoms with Crippen molar-refractivity contribution in [1.82, 2.24) is 9.78 Å². The van der Waals surface area contributed by atoms with E-state index in [0.717, 1.165) is 5.56 Å². The molecule has 0 saturated carbocycles. The maximum atomic E-state index is 14.2. The molecule has 9 heteroatoms. The second-order valence-electron chi connectivity index (χ2n) is 7.09. The van der Waals surface area contributed by atoms with Crippen LogP contribution in [-0.4, -0.2) is 21.6 Å². The molecule has 0 fully saturated rings. The lowest BCUT2D eigenvalue weighted by Gasteiger charge is -2.31. The van der Waals surface area contributed by atoms with E-state index in [1.807, 2.05) is 12.1 Å². The molecule has 0 bridgehead atoms. The van der Waals surface area contributed by atoms with Gasteiger partial charge in [-0.3, -0.25) is 9.59 Å². The molecule has 3 aromatic rings. The predicted molar refractivity (Wildman–Crippen MR) is 107 cm³/mol. The van der Waals surface area contributed by atoms with Gasteiger partial charge in [-0.2, -0.15) is 5.10 Å². The lowest BCUT2D eigenvalue weighted by Crippen LogP contribution is -2.43. The molecule has 0 saturated heterocycles. The van der Waals surface area contributed by atoms with E-state index in [4.69, 9.17) is 23.2 Å². The zero-order valence-corrected chi connectivity index (χ0v) is 16.3. The summed E-state index contributed by atoms with van der Waals surface area (Å²) >= 11 is 11.8. The summed E-state index contributed by atoms with van der Waals surface area (Å²) in [7, 11) is 0. The summed E-state index contributed by atoms with van der Waals surface area (Å²) in [6.07, 6.45) is 1.40. The van der Waals surface area contributed by atoms with Gasteiger partial charge in [-0.15, -0.1) is 0 Å². The van der Waals surface area contributed by atoms with Crippen LogP contribution >= 0.6 is 23.2 Å². The summed E-state index contributed by atoms with van der Waals surface area (Å²) in [5, 5.41) is 10.4. The summed E-state index contributed by atoms with van der Waals surface area (Å²) in [5.74, 6) is -0.998. The third-order valence-electron chi connectivity index (χ3n) is 5.38. The minimum absolute atomic E-state index is 0.0972. The molecule has 3 heterocycles. The molecular weight excluding hydrogens is 418 g/mol. The van der Waals surface area contributed by atoms with Gasteiger partial charge in [-0.25, -0.2) is 9.07 Å². The van der Waals surface area contributed by atoms with Gasteiger partial charge in [0.1, 0.15) is 17.1 Å². The van der Waals surface area contributed by atoms with Crippen LogP contribution in [0.25, 0.3) is 0 Å². The van der Waals surface area contributed by atoms with Crippen LogP contribution in [0.1, 0.15) is 23.1 Å². The Kier molecular flexibility index (Phi) is 3.94. The Labute approximate surface area is 174 Å². The van der Waals surface area contributed by atoms with Crippen LogP contribution in [0, 0.1) is 5.82 Å². The molecule has 2 aromatic carbocycles. The van der Waals surface area contributed by atoms with Crippen molar-refractivity contribution in [2.45, 2.75) is 18.4 Å². The SMILES string of the molecule is O=C1CC2(C(=O)Nc3cc(Cl)c(F)cc32)c2cnn(Cc3ccc(Cl)cc3)c2N1. The number of nitrogens with one attached hydrogen (secondary N) is 2. The van der Waals surface area contributed by atoms with Crippen molar-refractivity contribution >= 4 is 46.5 Å². The Balaban J connectivity index is 1.65. The first-order valence-corrected chi connectivity index (χ1v) is 9.55. The molecular formula is C20H13Cl2FN4O2. The van der Waals surface area contributed by atoms with Gasteiger partial charge in [0.25, 0.3) is 0 Å². The minimum Gasteiger partial charge on any atom is -0.325 e. The van der Waals surface area contributed by atoms with E-state index in [0.29, 0.717) is 34.2 Å². The van der Waals surface area contributed by atoms with E-state index in [-0.39, 0.29) is 17.4 Å². The molecule has 1 atom stereocenters. The minimum atomic E-state index is -1.35. The largest absolute Gasteiger partial charge is 0.325 e. The van der Waals surface area contributed by atoms with Crippen LogP contribution in [0.2, 0.25) is 10.0 Å². The maximum Gasteiger partial charge on any atom is 0.240 e. The second-order valence-corrected chi connectivity index (χ2v) is 7.93. The van der Waals surface area contributed by atoms with E-state index >= 15 is 0 Å². The Hall–Kier alpha value is -2.90. The Morgan fingerprint density at radius 1 is 1.10 bits per heavy atom. The molecule has 1 aromatic heterocycles. The molecule has 2 aliphatic rings. The highest BCUT2D eigenvalue weighted by Gasteiger charge is 2.54. The van der Waals surface area contributed by atoms with Gasteiger partial charge >= 0.3 is 0 Å². The molecule has 2 N–H and O–H groups in total. The Bertz CT molecular complexity index is 1190. The van der Waals surface area contributed by atoms with Crippen molar-refractivity contribution in [3.63, 3.8) is 0 Å². The van der Waals surface area contributed by atoms with Gasteiger partial charge in [0.2, 0.25) is 11.8 Å². The third-order valence-corrected chi connectivity index (χ3v) is 5.93. The molecule has 6 nitrogen and oxygen atoms in total. The van der Waals surface area contributed by atoms with Crippen LogP contribution in [0.3, 0.4) is 0 Å². The normalized spacial score (nSPS) is 19.7. The molecule has 0 aliphatic carbocycles. The van der Waals surface area contributed by atoms with Crippen LogP contribution in [0.15, 0.2) is 42.6 Å². The number of anilines is 2. The van der Waals surface area contributed by atoms with Gasteiger partial charge in [-0.1, -0.05) is 35.3 Å². The standard InChI is InChI=1S/C20H13Cl2FN4O2/c21-11-3-1-10(2-4-11)9-27-18-13(8-24-27)20(7-17(28)26-18)12-5-15(23)14(22)6-16(12)25-19(20)29/h1-6,8H,7,9H2,(H,25,29)(H,26,28). The fraction of sp³-hybridized carbons (Fsp3) is 0.150. The van der Waals surface area contributed by atoms with Crippen molar-refractivity contribution < 1.29 is 14.0 Å². The number of hydrogen-bond acceptors (Lipinski definition) is 3. The highest BCUT2D eigenvalue weighted by molar-refractivity contribution is 6.31. The number of rotatable bonds is 2. The number of amides is 2. The van der Waals surface area contributed by atoms with E-state index in [1.165, 1.54) is 12.1 Å². The van der Waals surface area contributed by atoms with E-state index in [9.17, 15) is 14.0 Å². The number of hydrogen-bond donors (Lipinski definition) is 2. The number of carbonyl (C=O) groups is 2. The zero-order chi connectivity index (χ0) is 20.3. The summed E-state index contributed by atoms with van der Waals surface area (Å²) in [5.41, 5.74) is 0.864. The first kappa shape index (κ1) is 18.1. The first-order chi connectivity index (χ1) is 13.9. The highest BCUT2D eigenvalue weighted by Crippen LogP contribution is 2.50. The van der Waals surface area contributed by atoms with Crippen LogP contribution < -0.4 is 10.6 Å². The average Bonchev–Trinajstić information content (AvgIpc) is 3.18. The number of halogens is 3. The Morgan fingerprint density at radius 2 is 1.86 bits per heavy atom. The molecule has 0 radical (unpaired) electrons. The van der Waals surface area contributed by atoms with Gasteiger partial charge < -0.3 is 10.6 Å². The summed E-state index contributed by atoms with van der Waals surface area (Å²) in [6, 6.07) is 9.81. The number of benzene rings is 2. The smallest absolute Gasteiger partial charge is 0.240 e. The molecule has 146 valence electrons. The number of nitrogens with zero attached hydrogens (tertiary/aromatic N) is 2. The summed E-state index contributed by atoms with van der Waals surface area (Å²) in [4.78, 5) is 25.6. The highest BCUT2D eigenvalue weighted by atomic mass is 35.5. The van der Waals surface area contributed by atoms with Crippen molar-refractivity contribution in [1.29, 1.82) is 0 Å². The van der Waals surface area contributed by atoms with Crippen molar-refractivity contribution in [3.8, 4) is 0 Å². The lowest BCUT2D eigenvalue weighted by molar-refractivity contribution is -0.125. The number of carbonyl (C=O) groups excluding carboxylic acids is 2. The molecule has 5 rings (SSSR count). The fourth-order valence-electron chi connectivity index (χ4n) is 4.02. The maximum absolute atomic E-state index is 14.2. The summed E-state index contributed by atoms with van der Waals surface area (Å²) in [6.45, 7) is 0.367. The quantitative estimate of drug-likeness (QED) is 0.645. The second kappa shape index (κ2) is 6.30. The average molecular weight is 431 g/mol. The fourth-order valence-corrected chi connectivity index (χ4v) is 4.31. The third kappa shape index (κ3) is 2.65. The van der Waals surface area contributed by atoms with Gasteiger partial charge in [0.15, 0.2) is 0 Å². The van der Waals surface area contributed by atoms with Gasteiger partial charge in [0, 0.05) is 22.7 Å². The molecule has 2 aliphatic heterocycles. The zero-order valence-electron chi connectivity index (χ0n) is 14.8. The van der Waals surface area contributed by atoms with Crippen LogP contribution in [-0.2, 0) is 21.5 Å². The van der Waals surface area contributed by atoms with Gasteiger partial charge in [-0.05, 0) is 35.4 Å². The van der Waals surface area contributed by atoms with E-state index in [1.54, 1.807) is 23.0 Å². The topological polar surface area (TPSA) is 76.0 Å². The number of fused-ring (bicyclic) bond motifs is 4. The molecule has 29 heavy (non-hydrogen) atoms.